The highest BCUT2D eigenvalue weighted by molar-refractivity contribution is 7.47. The highest BCUT2D eigenvalue weighted by atomic mass is 31.2. The fourth-order valence-corrected chi connectivity index (χ4v) is 11.7. The van der Waals surface area contributed by atoms with Crippen molar-refractivity contribution in [1.82, 2.24) is 0 Å². The summed E-state index contributed by atoms with van der Waals surface area (Å²) in [5.41, 5.74) is 0. The predicted molar refractivity (Wildman–Crippen MR) is 418 cm³/mol. The van der Waals surface area contributed by atoms with Gasteiger partial charge >= 0.3 is 39.5 Å². The lowest BCUT2D eigenvalue weighted by Crippen LogP contribution is -2.30. The van der Waals surface area contributed by atoms with E-state index in [9.17, 15) is 43.2 Å². The van der Waals surface area contributed by atoms with Crippen molar-refractivity contribution in [2.45, 2.75) is 329 Å². The summed E-state index contributed by atoms with van der Waals surface area (Å²) in [7, 11) is -9.98. The summed E-state index contributed by atoms with van der Waals surface area (Å²) in [5.74, 6) is -2.25. The number of allylic oxidation sites excluding steroid dienone is 22. The SMILES string of the molecule is CC/C=C\C/C=C\C/C=C\C/C=C\C/C=C\CCCCCC(=O)OCC(COP(=O)(O)OCC(O)COP(=O)(O)OCC(COC(=O)CCCCCCCCC/C=C\C/C=C\C/C=C\CC)OC(=O)CCCCCCC/C=C\CCCCCC)OC(=O)CCCCCCC/C=C\C/C=C\CCC. The molecule has 102 heavy (non-hydrogen) atoms. The predicted octanol–water partition coefficient (Wildman–Crippen LogP) is 22.9. The Balaban J connectivity index is 5.38. The average Bonchev–Trinajstić information content (AvgIpc) is 0.909. The van der Waals surface area contributed by atoms with Crippen LogP contribution >= 0.6 is 15.6 Å². The summed E-state index contributed by atoms with van der Waals surface area (Å²) >= 11 is 0. The Hall–Kier alpha value is -4.80. The molecule has 3 N–H and O–H groups in total. The van der Waals surface area contributed by atoms with Crippen LogP contribution in [0.5, 0.6) is 0 Å². The molecule has 0 saturated heterocycles. The van der Waals surface area contributed by atoms with Crippen LogP contribution in [-0.2, 0) is 65.4 Å². The van der Waals surface area contributed by atoms with Gasteiger partial charge in [-0.2, -0.15) is 0 Å². The van der Waals surface area contributed by atoms with Crippen LogP contribution < -0.4 is 0 Å². The quantitative estimate of drug-likeness (QED) is 0.0169. The molecule has 0 bridgehead atoms. The smallest absolute Gasteiger partial charge is 0.462 e. The zero-order valence-electron chi connectivity index (χ0n) is 63.7. The van der Waals surface area contributed by atoms with Gasteiger partial charge in [-0.3, -0.25) is 37.3 Å². The van der Waals surface area contributed by atoms with E-state index in [0.717, 1.165) is 205 Å². The second kappa shape index (κ2) is 74.5. The molecule has 5 atom stereocenters. The lowest BCUT2D eigenvalue weighted by molar-refractivity contribution is -0.161. The van der Waals surface area contributed by atoms with Crippen molar-refractivity contribution < 1.29 is 80.2 Å². The average molecular weight is 1470 g/mol. The highest BCUT2D eigenvalue weighted by Gasteiger charge is 2.30. The first-order valence-corrected chi connectivity index (χ1v) is 42.4. The van der Waals surface area contributed by atoms with Crippen LogP contribution in [0.1, 0.15) is 310 Å². The summed E-state index contributed by atoms with van der Waals surface area (Å²) < 4.78 is 68.5. The number of esters is 4. The number of aliphatic hydroxyl groups is 1. The Labute approximate surface area is 618 Å². The zero-order chi connectivity index (χ0) is 74.6. The number of phosphoric acid groups is 2. The number of aliphatic hydroxyl groups excluding tert-OH is 1. The second-order valence-electron chi connectivity index (χ2n) is 25.9. The Morgan fingerprint density at radius 2 is 0.529 bits per heavy atom. The van der Waals surface area contributed by atoms with E-state index >= 15 is 0 Å². The Kier molecular flexibility index (Phi) is 71.0. The van der Waals surface area contributed by atoms with Gasteiger partial charge in [0.1, 0.15) is 19.3 Å². The van der Waals surface area contributed by atoms with Crippen molar-refractivity contribution >= 4 is 39.5 Å². The van der Waals surface area contributed by atoms with E-state index in [0.29, 0.717) is 25.7 Å². The molecular weight excluding hydrogens is 1330 g/mol. The number of carbonyl (C=O) groups is 4. The molecule has 0 spiro atoms. The minimum Gasteiger partial charge on any atom is -0.462 e. The van der Waals surface area contributed by atoms with Crippen molar-refractivity contribution in [1.29, 1.82) is 0 Å². The molecule has 0 radical (unpaired) electrons. The van der Waals surface area contributed by atoms with Crippen LogP contribution in [0.3, 0.4) is 0 Å². The van der Waals surface area contributed by atoms with Crippen LogP contribution in [0.15, 0.2) is 134 Å². The summed E-state index contributed by atoms with van der Waals surface area (Å²) in [6.45, 7) is 4.50. The van der Waals surface area contributed by atoms with Crippen molar-refractivity contribution in [3.8, 4) is 0 Å². The van der Waals surface area contributed by atoms with Gasteiger partial charge in [-0.1, -0.05) is 264 Å². The van der Waals surface area contributed by atoms with Crippen LogP contribution in [-0.4, -0.2) is 96.7 Å². The molecule has 0 aromatic rings. The third kappa shape index (κ3) is 73.5. The van der Waals surface area contributed by atoms with Gasteiger partial charge in [0.05, 0.1) is 26.4 Å². The van der Waals surface area contributed by atoms with E-state index in [-0.39, 0.29) is 25.7 Å². The van der Waals surface area contributed by atoms with Gasteiger partial charge in [0.15, 0.2) is 12.2 Å². The van der Waals surface area contributed by atoms with Gasteiger partial charge in [0, 0.05) is 25.7 Å². The summed E-state index contributed by atoms with van der Waals surface area (Å²) in [6, 6.07) is 0. The molecule has 0 aromatic heterocycles. The number of hydrogen-bond donors (Lipinski definition) is 3. The molecule has 0 amide bonds. The summed E-state index contributed by atoms with van der Waals surface area (Å²) in [6.07, 6.45) is 82.9. The molecule has 5 unspecified atom stereocenters. The summed E-state index contributed by atoms with van der Waals surface area (Å²) in [4.78, 5) is 73.0. The van der Waals surface area contributed by atoms with Gasteiger partial charge < -0.3 is 33.8 Å². The fourth-order valence-electron chi connectivity index (χ4n) is 10.1. The second-order valence-corrected chi connectivity index (χ2v) is 28.8. The maximum atomic E-state index is 13.1. The highest BCUT2D eigenvalue weighted by Crippen LogP contribution is 2.45. The molecule has 0 aliphatic heterocycles. The molecule has 17 nitrogen and oxygen atoms in total. The Morgan fingerprint density at radius 1 is 0.284 bits per heavy atom. The van der Waals surface area contributed by atoms with Gasteiger partial charge in [0.25, 0.3) is 0 Å². The molecule has 584 valence electrons. The van der Waals surface area contributed by atoms with Crippen LogP contribution in [0.25, 0.3) is 0 Å². The maximum Gasteiger partial charge on any atom is 0.472 e. The van der Waals surface area contributed by atoms with E-state index in [1.54, 1.807) is 0 Å². The van der Waals surface area contributed by atoms with Crippen LogP contribution in [0.2, 0.25) is 0 Å². The maximum absolute atomic E-state index is 13.1. The van der Waals surface area contributed by atoms with Gasteiger partial charge in [0.2, 0.25) is 0 Å². The number of unbranched alkanes of at least 4 members (excludes halogenated alkanes) is 25. The first-order chi connectivity index (χ1) is 49.7. The monoisotopic (exact) mass is 1470 g/mol. The standard InChI is InChI=1S/C83H140O17P2/c1-5-9-13-17-21-25-29-33-35-37-38-40-42-46-48-52-56-60-64-68-81(86)94-74-79(100-83(88)70-66-62-58-54-50-44-32-28-24-20-16-12-8-4)76-98-102(91,92)96-72-77(84)71-95-101(89,90)97-75-78(99-82(87)69-65-61-57-53-49-43-31-27-23-19-15-11-7-3)73-93-80(85)67-63-59-55-51-47-45-41-39-36-34-30-26-22-18-14-10-6-2/h9-10,13-14,16,20-22,25-28,31-36,38,40,46,48,77-79,84H,5-8,11-12,15,17-19,23-24,29-30,37,39,41-45,47,49-76H2,1-4H3,(H,89,90)(H,91,92)/b13-9-,14-10-,20-16-,25-21-,26-22-,31-27-,32-28-,35-33-,36-34-,40-38-,48-46-. The van der Waals surface area contributed by atoms with Crippen molar-refractivity contribution in [2.24, 2.45) is 0 Å². The number of hydrogen-bond acceptors (Lipinski definition) is 15. The van der Waals surface area contributed by atoms with Gasteiger partial charge in [-0.25, -0.2) is 9.13 Å². The normalized spacial score (nSPS) is 14.6. The molecule has 0 aliphatic carbocycles. The van der Waals surface area contributed by atoms with E-state index < -0.39 is 97.5 Å². The molecule has 0 aliphatic rings. The van der Waals surface area contributed by atoms with E-state index in [2.05, 4.69) is 161 Å². The lowest BCUT2D eigenvalue weighted by Gasteiger charge is -2.21. The van der Waals surface area contributed by atoms with Crippen LogP contribution in [0, 0.1) is 0 Å². The third-order valence-corrected chi connectivity index (χ3v) is 18.0. The van der Waals surface area contributed by atoms with E-state index in [4.69, 9.17) is 37.0 Å². The van der Waals surface area contributed by atoms with Gasteiger partial charge in [-0.15, -0.1) is 0 Å². The molecule has 0 fully saturated rings. The molecule has 0 saturated carbocycles. The minimum absolute atomic E-state index is 0.0678. The number of carbonyl (C=O) groups excluding carboxylic acids is 4. The van der Waals surface area contributed by atoms with Crippen molar-refractivity contribution in [3.63, 3.8) is 0 Å². The lowest BCUT2D eigenvalue weighted by atomic mass is 10.1. The third-order valence-electron chi connectivity index (χ3n) is 16.1. The first kappa shape index (κ1) is 97.2. The fraction of sp³-hybridized carbons (Fsp3) is 0.687. The van der Waals surface area contributed by atoms with E-state index in [1.807, 2.05) is 0 Å². The minimum atomic E-state index is -4.99. The Morgan fingerprint density at radius 3 is 0.843 bits per heavy atom. The molecule has 0 heterocycles. The number of rotatable bonds is 73. The number of phosphoric ester groups is 2. The largest absolute Gasteiger partial charge is 0.472 e. The van der Waals surface area contributed by atoms with Crippen LogP contribution in [0.4, 0.5) is 0 Å². The molecule has 0 rings (SSSR count). The number of ether oxygens (including phenoxy) is 4. The summed E-state index contributed by atoms with van der Waals surface area (Å²) in [5, 5.41) is 10.6. The van der Waals surface area contributed by atoms with E-state index in [1.165, 1.54) is 25.7 Å². The van der Waals surface area contributed by atoms with Crippen molar-refractivity contribution in [2.75, 3.05) is 39.6 Å². The first-order valence-electron chi connectivity index (χ1n) is 39.4. The molecular formula is C83H140O17P2. The van der Waals surface area contributed by atoms with Crippen molar-refractivity contribution in [3.05, 3.63) is 134 Å². The molecule has 0 aromatic carbocycles. The molecule has 19 heteroatoms. The topological polar surface area (TPSA) is 237 Å². The Bertz CT molecular complexity index is 2460. The zero-order valence-corrected chi connectivity index (χ0v) is 65.5. The van der Waals surface area contributed by atoms with Gasteiger partial charge in [-0.05, 0) is 154 Å².